The lowest BCUT2D eigenvalue weighted by molar-refractivity contribution is 0.116. The third kappa shape index (κ3) is 1.68. The summed E-state index contributed by atoms with van der Waals surface area (Å²) in [6.07, 6.45) is 2.15. The molecule has 3 N–H and O–H groups in total. The minimum absolute atomic E-state index is 0.124. The Morgan fingerprint density at radius 2 is 2.10 bits per heavy atom. The smallest absolute Gasteiger partial charge is 0.0588 e. The van der Waals surface area contributed by atoms with Crippen molar-refractivity contribution in [3.63, 3.8) is 0 Å². The Morgan fingerprint density at radius 3 is 2.60 bits per heavy atom. The van der Waals surface area contributed by atoms with Gasteiger partial charge in [-0.05, 0) is 25.3 Å². The van der Waals surface area contributed by atoms with Crippen molar-refractivity contribution in [2.75, 3.05) is 19.8 Å². The zero-order valence-corrected chi connectivity index (χ0v) is 6.08. The Kier molecular flexibility index (Phi) is 3.12. The second kappa shape index (κ2) is 3.91. The van der Waals surface area contributed by atoms with Crippen molar-refractivity contribution in [3.8, 4) is 0 Å². The quantitative estimate of drug-likeness (QED) is 0.483. The highest BCUT2D eigenvalue weighted by molar-refractivity contribution is 4.79. The average Bonchev–Trinajstić information content (AvgIpc) is 2.04. The minimum Gasteiger partial charge on any atom is -0.396 e. The van der Waals surface area contributed by atoms with Crippen molar-refractivity contribution in [3.05, 3.63) is 0 Å². The van der Waals surface area contributed by atoms with Gasteiger partial charge in [-0.25, -0.2) is 0 Å². The van der Waals surface area contributed by atoms with Gasteiger partial charge in [-0.3, -0.25) is 0 Å². The van der Waals surface area contributed by atoms with Crippen LogP contribution in [0.1, 0.15) is 12.8 Å². The molecule has 2 atom stereocenters. The molecule has 1 heterocycles. The molecule has 1 fully saturated rings. The lowest BCUT2D eigenvalue weighted by Crippen LogP contribution is -2.45. The van der Waals surface area contributed by atoms with E-state index in [2.05, 4.69) is 5.32 Å². The van der Waals surface area contributed by atoms with Crippen molar-refractivity contribution < 1.29 is 10.2 Å². The number of piperidine rings is 1. The first kappa shape index (κ1) is 7.98. The van der Waals surface area contributed by atoms with Crippen LogP contribution in [-0.4, -0.2) is 36.0 Å². The topological polar surface area (TPSA) is 52.5 Å². The molecule has 3 heteroatoms. The van der Waals surface area contributed by atoms with E-state index in [1.807, 2.05) is 0 Å². The maximum Gasteiger partial charge on any atom is 0.0588 e. The summed E-state index contributed by atoms with van der Waals surface area (Å²) in [5, 5.41) is 20.8. The van der Waals surface area contributed by atoms with Crippen LogP contribution in [0.15, 0.2) is 0 Å². The number of nitrogens with one attached hydrogen (secondary N) is 1. The lowest BCUT2D eigenvalue weighted by Gasteiger charge is -2.29. The Bertz CT molecular complexity index is 85.6. The van der Waals surface area contributed by atoms with Gasteiger partial charge in [0.05, 0.1) is 6.61 Å². The van der Waals surface area contributed by atoms with Gasteiger partial charge in [-0.15, -0.1) is 0 Å². The third-order valence-corrected chi connectivity index (χ3v) is 2.16. The molecule has 1 aliphatic rings. The summed E-state index contributed by atoms with van der Waals surface area (Å²) in [5.41, 5.74) is 0. The maximum atomic E-state index is 8.84. The van der Waals surface area contributed by atoms with Crippen molar-refractivity contribution in [1.82, 2.24) is 5.32 Å². The molecule has 0 aromatic rings. The van der Waals surface area contributed by atoms with Crippen LogP contribution in [0.5, 0.6) is 0 Å². The molecule has 1 aliphatic heterocycles. The van der Waals surface area contributed by atoms with E-state index in [0.717, 1.165) is 19.4 Å². The van der Waals surface area contributed by atoms with E-state index in [1.165, 1.54) is 0 Å². The van der Waals surface area contributed by atoms with E-state index in [9.17, 15) is 0 Å². The number of hydrogen-bond donors (Lipinski definition) is 3. The van der Waals surface area contributed by atoms with E-state index in [4.69, 9.17) is 10.2 Å². The van der Waals surface area contributed by atoms with Crippen molar-refractivity contribution in [2.45, 2.75) is 18.9 Å². The van der Waals surface area contributed by atoms with Gasteiger partial charge in [-0.1, -0.05) is 0 Å². The first-order valence-electron chi connectivity index (χ1n) is 3.83. The van der Waals surface area contributed by atoms with Gasteiger partial charge < -0.3 is 15.5 Å². The van der Waals surface area contributed by atoms with Crippen molar-refractivity contribution in [1.29, 1.82) is 0 Å². The number of aliphatic hydroxyl groups excluding tert-OH is 2. The predicted molar refractivity (Wildman–Crippen MR) is 38.7 cm³/mol. The Morgan fingerprint density at radius 1 is 1.30 bits per heavy atom. The van der Waals surface area contributed by atoms with Gasteiger partial charge in [0, 0.05) is 12.6 Å². The molecule has 3 nitrogen and oxygen atoms in total. The molecule has 0 saturated carbocycles. The van der Waals surface area contributed by atoms with Gasteiger partial charge in [0.15, 0.2) is 0 Å². The molecule has 10 heavy (non-hydrogen) atoms. The zero-order chi connectivity index (χ0) is 7.40. The summed E-state index contributed by atoms with van der Waals surface area (Å²) in [6.45, 7) is 1.31. The van der Waals surface area contributed by atoms with Gasteiger partial charge in [0.25, 0.3) is 0 Å². The van der Waals surface area contributed by atoms with Crippen LogP contribution < -0.4 is 5.32 Å². The van der Waals surface area contributed by atoms with Crippen LogP contribution in [-0.2, 0) is 0 Å². The van der Waals surface area contributed by atoms with E-state index in [-0.39, 0.29) is 25.2 Å². The second-order valence-corrected chi connectivity index (χ2v) is 2.83. The predicted octanol–water partition coefficient (Wildman–Crippen LogP) is -0.661. The van der Waals surface area contributed by atoms with E-state index in [0.29, 0.717) is 0 Å². The molecule has 0 bridgehead atoms. The number of aliphatic hydroxyl groups is 2. The van der Waals surface area contributed by atoms with Gasteiger partial charge >= 0.3 is 0 Å². The molecule has 0 aliphatic carbocycles. The molecule has 0 aromatic carbocycles. The highest BCUT2D eigenvalue weighted by Gasteiger charge is 2.22. The summed E-state index contributed by atoms with van der Waals surface area (Å²) in [5.74, 6) is 0.263. The van der Waals surface area contributed by atoms with Crippen molar-refractivity contribution in [2.24, 2.45) is 5.92 Å². The van der Waals surface area contributed by atoms with Crippen LogP contribution in [0.3, 0.4) is 0 Å². The number of hydrogen-bond acceptors (Lipinski definition) is 3. The highest BCUT2D eigenvalue weighted by atomic mass is 16.3. The molecule has 0 aromatic heterocycles. The monoisotopic (exact) mass is 145 g/mol. The standard InChI is InChI=1S/C7H15NO2/c9-4-6-2-1-3-8-7(6)5-10/h6-10H,1-5H2/t6-,7?/m0/s1. The molecule has 1 saturated heterocycles. The summed E-state index contributed by atoms with van der Waals surface area (Å²) < 4.78 is 0. The molecule has 1 rings (SSSR count). The van der Waals surface area contributed by atoms with E-state index < -0.39 is 0 Å². The molecule has 60 valence electrons. The Balaban J connectivity index is 2.34. The van der Waals surface area contributed by atoms with Crippen LogP contribution in [0.4, 0.5) is 0 Å². The average molecular weight is 145 g/mol. The van der Waals surface area contributed by atoms with E-state index >= 15 is 0 Å². The molecule has 0 radical (unpaired) electrons. The lowest BCUT2D eigenvalue weighted by atomic mass is 9.92. The third-order valence-electron chi connectivity index (χ3n) is 2.16. The summed E-state index contributed by atoms with van der Waals surface area (Å²) in [4.78, 5) is 0. The van der Waals surface area contributed by atoms with Crippen LogP contribution in [0.2, 0.25) is 0 Å². The van der Waals surface area contributed by atoms with Crippen molar-refractivity contribution >= 4 is 0 Å². The molecule has 0 spiro atoms. The SMILES string of the molecule is OCC1NCCC[C@H]1CO. The second-order valence-electron chi connectivity index (χ2n) is 2.83. The molecule has 1 unspecified atom stereocenters. The fourth-order valence-corrected chi connectivity index (χ4v) is 1.45. The Labute approximate surface area is 61.1 Å². The fourth-order valence-electron chi connectivity index (χ4n) is 1.45. The summed E-state index contributed by atoms with van der Waals surface area (Å²) in [7, 11) is 0. The maximum absolute atomic E-state index is 8.84. The fraction of sp³-hybridized carbons (Fsp3) is 1.00. The highest BCUT2D eigenvalue weighted by Crippen LogP contribution is 2.14. The summed E-state index contributed by atoms with van der Waals surface area (Å²) >= 11 is 0. The molecule has 0 amide bonds. The van der Waals surface area contributed by atoms with E-state index in [1.54, 1.807) is 0 Å². The number of rotatable bonds is 2. The van der Waals surface area contributed by atoms with Gasteiger partial charge in [-0.2, -0.15) is 0 Å². The summed E-state index contributed by atoms with van der Waals surface area (Å²) in [6, 6.07) is 0.124. The largest absolute Gasteiger partial charge is 0.396 e. The first-order chi connectivity index (χ1) is 4.88. The first-order valence-corrected chi connectivity index (χ1v) is 3.83. The van der Waals surface area contributed by atoms with Crippen LogP contribution in [0.25, 0.3) is 0 Å². The van der Waals surface area contributed by atoms with Gasteiger partial charge in [0.1, 0.15) is 0 Å². The zero-order valence-electron chi connectivity index (χ0n) is 6.08. The van der Waals surface area contributed by atoms with Crippen LogP contribution in [0, 0.1) is 5.92 Å². The van der Waals surface area contributed by atoms with Crippen LogP contribution >= 0.6 is 0 Å². The molecular weight excluding hydrogens is 130 g/mol. The Hall–Kier alpha value is -0.120. The van der Waals surface area contributed by atoms with Gasteiger partial charge in [0.2, 0.25) is 0 Å². The molecular formula is C7H15NO2. The normalized spacial score (nSPS) is 34.2. The minimum atomic E-state index is 0.124.